The van der Waals surface area contributed by atoms with Gasteiger partial charge in [0, 0.05) is 11.0 Å². The Kier molecular flexibility index (Phi) is 8.10. The van der Waals surface area contributed by atoms with Crippen molar-refractivity contribution in [3.05, 3.63) is 89.6 Å². The van der Waals surface area contributed by atoms with Crippen molar-refractivity contribution in [3.8, 4) is 28.4 Å². The van der Waals surface area contributed by atoms with Crippen LogP contribution in [0.4, 0.5) is 0 Å². The van der Waals surface area contributed by atoms with Crippen molar-refractivity contribution in [2.24, 2.45) is 0 Å². The van der Waals surface area contributed by atoms with Crippen LogP contribution in [0.25, 0.3) is 16.9 Å². The summed E-state index contributed by atoms with van der Waals surface area (Å²) in [5, 5.41) is 25.0. The maximum absolute atomic E-state index is 13.0. The summed E-state index contributed by atoms with van der Waals surface area (Å²) in [4.78, 5) is 25.8. The SMILES string of the molecule is COC(=O)c1c(-c2cc(OC)c(OCc3ccccc3)c(B(O)O)c2)nn(-c2ccccc2)c1C(=O)OC. The Labute approximate surface area is 219 Å². The van der Waals surface area contributed by atoms with Gasteiger partial charge >= 0.3 is 19.1 Å². The zero-order valence-corrected chi connectivity index (χ0v) is 21.0. The van der Waals surface area contributed by atoms with Crippen LogP contribution in [0.2, 0.25) is 0 Å². The van der Waals surface area contributed by atoms with Crippen LogP contribution in [-0.2, 0) is 16.1 Å². The highest BCUT2D eigenvalue weighted by atomic mass is 16.5. The van der Waals surface area contributed by atoms with E-state index >= 15 is 0 Å². The van der Waals surface area contributed by atoms with Crippen LogP contribution in [0.3, 0.4) is 0 Å². The van der Waals surface area contributed by atoms with Crippen LogP contribution < -0.4 is 14.9 Å². The molecule has 194 valence electrons. The van der Waals surface area contributed by atoms with Crippen LogP contribution in [0, 0.1) is 0 Å². The summed E-state index contributed by atoms with van der Waals surface area (Å²) in [7, 11) is 1.81. The van der Waals surface area contributed by atoms with E-state index in [1.807, 2.05) is 30.3 Å². The molecule has 4 rings (SSSR count). The van der Waals surface area contributed by atoms with Crippen LogP contribution in [0.5, 0.6) is 11.5 Å². The van der Waals surface area contributed by atoms with Crippen LogP contribution in [0.1, 0.15) is 26.4 Å². The van der Waals surface area contributed by atoms with Crippen molar-refractivity contribution in [1.29, 1.82) is 0 Å². The van der Waals surface area contributed by atoms with Gasteiger partial charge in [-0.1, -0.05) is 48.5 Å². The molecule has 3 aromatic carbocycles. The average Bonchev–Trinajstić information content (AvgIpc) is 3.36. The number of esters is 2. The van der Waals surface area contributed by atoms with Crippen molar-refractivity contribution < 1.29 is 38.6 Å². The van der Waals surface area contributed by atoms with Crippen LogP contribution >= 0.6 is 0 Å². The molecule has 1 aromatic heterocycles. The lowest BCUT2D eigenvalue weighted by molar-refractivity contribution is 0.0549. The number of carbonyl (C=O) groups is 2. The van der Waals surface area contributed by atoms with Gasteiger partial charge in [0.15, 0.2) is 17.2 Å². The minimum absolute atomic E-state index is 0.0278. The molecule has 0 atom stereocenters. The summed E-state index contributed by atoms with van der Waals surface area (Å²) in [6.07, 6.45) is 0. The monoisotopic (exact) mass is 516 g/mol. The maximum atomic E-state index is 13.0. The zero-order valence-electron chi connectivity index (χ0n) is 21.0. The lowest BCUT2D eigenvalue weighted by atomic mass is 9.78. The largest absolute Gasteiger partial charge is 0.493 e. The molecule has 0 aliphatic rings. The Morgan fingerprint density at radius 3 is 2.11 bits per heavy atom. The molecular weight excluding hydrogens is 491 g/mol. The molecular formula is C27H25BN2O8. The van der Waals surface area contributed by atoms with E-state index in [0.29, 0.717) is 5.69 Å². The first-order valence-electron chi connectivity index (χ1n) is 11.5. The zero-order chi connectivity index (χ0) is 27.2. The number of benzene rings is 3. The van der Waals surface area contributed by atoms with Crippen molar-refractivity contribution in [3.63, 3.8) is 0 Å². The molecule has 0 spiro atoms. The molecule has 38 heavy (non-hydrogen) atoms. The Balaban J connectivity index is 1.93. The number of methoxy groups -OCH3 is 3. The second-order valence-corrected chi connectivity index (χ2v) is 8.05. The Bertz CT molecular complexity index is 1440. The fourth-order valence-electron chi connectivity index (χ4n) is 3.94. The summed E-state index contributed by atoms with van der Waals surface area (Å²) >= 11 is 0. The highest BCUT2D eigenvalue weighted by molar-refractivity contribution is 6.60. The van der Waals surface area contributed by atoms with Gasteiger partial charge in [0.2, 0.25) is 0 Å². The van der Waals surface area contributed by atoms with Gasteiger partial charge in [-0.3, -0.25) is 0 Å². The molecule has 0 fully saturated rings. The number of nitrogens with zero attached hydrogens (tertiary/aromatic N) is 2. The predicted octanol–water partition coefficient (Wildman–Crippen LogP) is 2.38. The minimum Gasteiger partial charge on any atom is -0.493 e. The van der Waals surface area contributed by atoms with Crippen LogP contribution in [-0.4, -0.2) is 60.2 Å². The second-order valence-electron chi connectivity index (χ2n) is 8.05. The fraction of sp³-hybridized carbons (Fsp3) is 0.148. The van der Waals surface area contributed by atoms with Gasteiger partial charge in [0.05, 0.1) is 27.0 Å². The maximum Gasteiger partial charge on any atom is 0.492 e. The number of rotatable bonds is 9. The molecule has 0 amide bonds. The van der Waals surface area contributed by atoms with E-state index in [2.05, 4.69) is 5.10 Å². The Morgan fingerprint density at radius 2 is 1.53 bits per heavy atom. The topological polar surface area (TPSA) is 129 Å². The summed E-state index contributed by atoms with van der Waals surface area (Å²) in [5.41, 5.74) is 1.28. The second kappa shape index (κ2) is 11.6. The normalized spacial score (nSPS) is 10.6. The number of para-hydroxylation sites is 1. The third-order valence-corrected chi connectivity index (χ3v) is 5.74. The van der Waals surface area contributed by atoms with E-state index in [4.69, 9.17) is 18.9 Å². The molecule has 11 heteroatoms. The van der Waals surface area contributed by atoms with Gasteiger partial charge in [-0.05, 0) is 29.8 Å². The van der Waals surface area contributed by atoms with Crippen molar-refractivity contribution in [1.82, 2.24) is 9.78 Å². The average molecular weight is 516 g/mol. The van der Waals surface area contributed by atoms with Crippen LogP contribution in [0.15, 0.2) is 72.8 Å². The van der Waals surface area contributed by atoms with Gasteiger partial charge < -0.3 is 29.0 Å². The van der Waals surface area contributed by atoms with Crippen molar-refractivity contribution >= 4 is 24.5 Å². The van der Waals surface area contributed by atoms with Gasteiger partial charge in [-0.25, -0.2) is 14.3 Å². The predicted molar refractivity (Wildman–Crippen MR) is 139 cm³/mol. The molecule has 1 heterocycles. The molecule has 0 bridgehead atoms. The first-order chi connectivity index (χ1) is 18.4. The Morgan fingerprint density at radius 1 is 0.895 bits per heavy atom. The molecule has 10 nitrogen and oxygen atoms in total. The summed E-state index contributed by atoms with van der Waals surface area (Å²) in [5.74, 6) is -1.39. The lowest BCUT2D eigenvalue weighted by Crippen LogP contribution is -2.32. The van der Waals surface area contributed by atoms with Crippen molar-refractivity contribution in [2.45, 2.75) is 6.61 Å². The van der Waals surface area contributed by atoms with Crippen molar-refractivity contribution in [2.75, 3.05) is 21.3 Å². The summed E-state index contributed by atoms with van der Waals surface area (Å²) in [6, 6.07) is 20.9. The molecule has 2 N–H and O–H groups in total. The highest BCUT2D eigenvalue weighted by Crippen LogP contribution is 2.35. The van der Waals surface area contributed by atoms with Gasteiger partial charge in [-0.2, -0.15) is 5.10 Å². The number of ether oxygens (including phenoxy) is 4. The standard InChI is InChI=1S/C27H25BN2O8/c1-35-21-15-18(14-20(28(33)34)25(21)38-16-17-10-6-4-7-11-17)23-22(26(31)36-2)24(27(32)37-3)30(29-23)19-12-8-5-9-13-19/h4-15,33-34H,16H2,1-3H3. The molecule has 0 radical (unpaired) electrons. The third-order valence-electron chi connectivity index (χ3n) is 5.74. The Hall–Kier alpha value is -4.61. The quantitative estimate of drug-likeness (QED) is 0.255. The number of carbonyl (C=O) groups excluding carboxylic acids is 2. The lowest BCUT2D eigenvalue weighted by Gasteiger charge is -2.17. The number of hydrogen-bond acceptors (Lipinski definition) is 9. The van der Waals surface area contributed by atoms with Gasteiger partial charge in [0.1, 0.15) is 17.9 Å². The molecule has 0 saturated heterocycles. The molecule has 0 aliphatic carbocycles. The first-order valence-corrected chi connectivity index (χ1v) is 11.5. The molecule has 0 aliphatic heterocycles. The van der Waals surface area contributed by atoms with E-state index in [1.165, 1.54) is 38.1 Å². The fourth-order valence-corrected chi connectivity index (χ4v) is 3.94. The summed E-state index contributed by atoms with van der Waals surface area (Å²) < 4.78 is 22.6. The van der Waals surface area contributed by atoms with E-state index in [1.54, 1.807) is 30.3 Å². The smallest absolute Gasteiger partial charge is 0.492 e. The summed E-state index contributed by atoms with van der Waals surface area (Å²) in [6.45, 7) is 0.138. The molecule has 0 saturated carbocycles. The third kappa shape index (κ3) is 5.24. The van der Waals surface area contributed by atoms with E-state index in [0.717, 1.165) is 5.56 Å². The first kappa shape index (κ1) is 26.5. The van der Waals surface area contributed by atoms with E-state index in [9.17, 15) is 19.6 Å². The van der Waals surface area contributed by atoms with E-state index < -0.39 is 19.1 Å². The van der Waals surface area contributed by atoms with E-state index in [-0.39, 0.29) is 46.1 Å². The number of aromatic nitrogens is 2. The minimum atomic E-state index is -1.95. The van der Waals surface area contributed by atoms with Gasteiger partial charge in [-0.15, -0.1) is 0 Å². The number of hydrogen-bond donors (Lipinski definition) is 2. The highest BCUT2D eigenvalue weighted by Gasteiger charge is 2.33. The molecule has 0 unspecified atom stereocenters. The van der Waals surface area contributed by atoms with Gasteiger partial charge in [0.25, 0.3) is 0 Å². The molecule has 4 aromatic rings.